The molecule has 0 atom stereocenters. The van der Waals surface area contributed by atoms with Crippen molar-refractivity contribution in [1.29, 1.82) is 0 Å². The lowest BCUT2D eigenvalue weighted by Crippen LogP contribution is -1.98. The molecule has 0 saturated carbocycles. The molecule has 0 radical (unpaired) electrons. The third-order valence-corrected chi connectivity index (χ3v) is 1.63. The Labute approximate surface area is 75.4 Å². The van der Waals surface area contributed by atoms with Crippen LogP contribution in [-0.4, -0.2) is 25.2 Å². The number of pyridine rings is 1. The van der Waals surface area contributed by atoms with Crippen LogP contribution in [0.15, 0.2) is 24.4 Å². The lowest BCUT2D eigenvalue weighted by atomic mass is 10.3. The van der Waals surface area contributed by atoms with Crippen molar-refractivity contribution >= 4 is 0 Å². The molecule has 2 aromatic heterocycles. The van der Waals surface area contributed by atoms with Gasteiger partial charge < -0.3 is 0 Å². The molecular formula is C8H9N5. The molecule has 0 spiro atoms. The van der Waals surface area contributed by atoms with Crippen molar-refractivity contribution in [3.8, 4) is 11.5 Å². The van der Waals surface area contributed by atoms with Gasteiger partial charge in [0.1, 0.15) is 5.69 Å². The topological polar surface area (TPSA) is 56.5 Å². The smallest absolute Gasteiger partial charge is 0.223 e. The minimum atomic E-state index is 0.572. The molecule has 13 heavy (non-hydrogen) atoms. The third kappa shape index (κ3) is 1.53. The quantitative estimate of drug-likeness (QED) is 0.676. The van der Waals surface area contributed by atoms with Crippen LogP contribution in [0.1, 0.15) is 6.92 Å². The van der Waals surface area contributed by atoms with E-state index in [1.165, 1.54) is 4.80 Å². The molecule has 0 aliphatic carbocycles. The molecule has 5 nitrogen and oxygen atoms in total. The Morgan fingerprint density at radius 1 is 1.38 bits per heavy atom. The summed E-state index contributed by atoms with van der Waals surface area (Å²) in [6, 6.07) is 5.61. The van der Waals surface area contributed by atoms with Crippen LogP contribution in [0.4, 0.5) is 0 Å². The van der Waals surface area contributed by atoms with Gasteiger partial charge in [-0.15, -0.1) is 10.2 Å². The largest absolute Gasteiger partial charge is 0.253 e. The van der Waals surface area contributed by atoms with Crippen molar-refractivity contribution in [3.63, 3.8) is 0 Å². The van der Waals surface area contributed by atoms with E-state index in [0.29, 0.717) is 5.82 Å². The zero-order chi connectivity index (χ0) is 9.10. The average molecular weight is 175 g/mol. The second kappa shape index (κ2) is 3.30. The zero-order valence-electron chi connectivity index (χ0n) is 7.25. The van der Waals surface area contributed by atoms with Gasteiger partial charge in [0.05, 0.1) is 6.54 Å². The van der Waals surface area contributed by atoms with Gasteiger partial charge in [0.25, 0.3) is 0 Å². The third-order valence-electron chi connectivity index (χ3n) is 1.63. The number of aryl methyl sites for hydroxylation is 1. The van der Waals surface area contributed by atoms with E-state index in [1.807, 2.05) is 25.1 Å². The average Bonchev–Trinajstić information content (AvgIpc) is 2.67. The highest BCUT2D eigenvalue weighted by Crippen LogP contribution is 2.07. The van der Waals surface area contributed by atoms with Crippen LogP contribution >= 0.6 is 0 Å². The Morgan fingerprint density at radius 2 is 2.31 bits per heavy atom. The lowest BCUT2D eigenvalue weighted by Gasteiger charge is -1.90. The standard InChI is InChI=1S/C8H9N5/c1-2-13-11-8(10-12-13)7-5-3-4-6-9-7/h3-6H,2H2,1H3. The number of rotatable bonds is 2. The van der Waals surface area contributed by atoms with E-state index in [0.717, 1.165) is 12.2 Å². The minimum Gasteiger partial charge on any atom is -0.253 e. The van der Waals surface area contributed by atoms with Crippen LogP contribution in [0.2, 0.25) is 0 Å². The molecule has 0 unspecified atom stereocenters. The van der Waals surface area contributed by atoms with Crippen LogP contribution in [0.25, 0.3) is 11.5 Å². The van der Waals surface area contributed by atoms with Crippen molar-refractivity contribution < 1.29 is 0 Å². The van der Waals surface area contributed by atoms with Crippen LogP contribution in [-0.2, 0) is 6.54 Å². The second-order valence-corrected chi connectivity index (χ2v) is 2.52. The van der Waals surface area contributed by atoms with E-state index in [9.17, 15) is 0 Å². The molecule has 0 saturated heterocycles. The van der Waals surface area contributed by atoms with Gasteiger partial charge >= 0.3 is 0 Å². The van der Waals surface area contributed by atoms with Crippen molar-refractivity contribution in [2.24, 2.45) is 0 Å². The van der Waals surface area contributed by atoms with Crippen LogP contribution in [0.5, 0.6) is 0 Å². The SMILES string of the molecule is CCn1nnc(-c2ccccn2)n1. The van der Waals surface area contributed by atoms with Gasteiger partial charge in [-0.05, 0) is 24.3 Å². The molecule has 5 heteroatoms. The monoisotopic (exact) mass is 175 g/mol. The van der Waals surface area contributed by atoms with Crippen LogP contribution in [0, 0.1) is 0 Å². The summed E-state index contributed by atoms with van der Waals surface area (Å²) in [6.45, 7) is 2.68. The van der Waals surface area contributed by atoms with Crippen molar-refractivity contribution in [2.45, 2.75) is 13.5 Å². The van der Waals surface area contributed by atoms with E-state index >= 15 is 0 Å². The Hall–Kier alpha value is -1.78. The van der Waals surface area contributed by atoms with Gasteiger partial charge in [-0.3, -0.25) is 4.98 Å². The molecule has 0 fully saturated rings. The van der Waals surface area contributed by atoms with Crippen LogP contribution < -0.4 is 0 Å². The van der Waals surface area contributed by atoms with E-state index in [2.05, 4.69) is 20.4 Å². The van der Waals surface area contributed by atoms with E-state index in [4.69, 9.17) is 0 Å². The number of hydrogen-bond donors (Lipinski definition) is 0. The summed E-state index contributed by atoms with van der Waals surface area (Å²) in [5.41, 5.74) is 0.752. The number of aromatic nitrogens is 5. The second-order valence-electron chi connectivity index (χ2n) is 2.52. The highest BCUT2D eigenvalue weighted by Gasteiger charge is 2.04. The summed E-state index contributed by atoms with van der Waals surface area (Å²) in [7, 11) is 0. The normalized spacial score (nSPS) is 10.2. The first-order valence-corrected chi connectivity index (χ1v) is 4.09. The predicted molar refractivity (Wildman–Crippen MR) is 46.7 cm³/mol. The molecule has 0 N–H and O–H groups in total. The molecule has 66 valence electrons. The highest BCUT2D eigenvalue weighted by atomic mass is 15.6. The summed E-state index contributed by atoms with van der Waals surface area (Å²) in [4.78, 5) is 5.65. The molecule has 0 aliphatic heterocycles. The summed E-state index contributed by atoms with van der Waals surface area (Å²) in [5.74, 6) is 0.572. The maximum absolute atomic E-state index is 4.13. The number of nitrogens with zero attached hydrogens (tertiary/aromatic N) is 5. The summed E-state index contributed by atoms with van der Waals surface area (Å²) >= 11 is 0. The highest BCUT2D eigenvalue weighted by molar-refractivity contribution is 5.46. The van der Waals surface area contributed by atoms with Crippen molar-refractivity contribution in [2.75, 3.05) is 0 Å². The number of tetrazole rings is 1. The first-order chi connectivity index (χ1) is 6.40. The molecule has 0 aromatic carbocycles. The van der Waals surface area contributed by atoms with E-state index in [-0.39, 0.29) is 0 Å². The van der Waals surface area contributed by atoms with Crippen molar-refractivity contribution in [3.05, 3.63) is 24.4 Å². The fourth-order valence-electron chi connectivity index (χ4n) is 0.975. The van der Waals surface area contributed by atoms with Gasteiger partial charge in [-0.1, -0.05) is 6.07 Å². The first kappa shape index (κ1) is 7.85. The molecule has 0 bridgehead atoms. The molecule has 0 aliphatic rings. The first-order valence-electron chi connectivity index (χ1n) is 4.09. The molecule has 0 amide bonds. The predicted octanol–water partition coefficient (Wildman–Crippen LogP) is 0.755. The number of hydrogen-bond acceptors (Lipinski definition) is 4. The van der Waals surface area contributed by atoms with Gasteiger partial charge in [0.15, 0.2) is 0 Å². The van der Waals surface area contributed by atoms with Gasteiger partial charge in [0, 0.05) is 6.20 Å². The Bertz CT molecular complexity index is 380. The Balaban J connectivity index is 2.36. The molecule has 2 aromatic rings. The van der Waals surface area contributed by atoms with E-state index in [1.54, 1.807) is 6.20 Å². The fourth-order valence-corrected chi connectivity index (χ4v) is 0.975. The molecular weight excluding hydrogens is 166 g/mol. The van der Waals surface area contributed by atoms with Crippen molar-refractivity contribution in [1.82, 2.24) is 25.2 Å². The minimum absolute atomic E-state index is 0.572. The summed E-state index contributed by atoms with van der Waals surface area (Å²) in [6.07, 6.45) is 1.71. The molecule has 2 heterocycles. The Kier molecular flexibility index (Phi) is 1.99. The van der Waals surface area contributed by atoms with Crippen LogP contribution in [0.3, 0.4) is 0 Å². The van der Waals surface area contributed by atoms with Gasteiger partial charge in [-0.2, -0.15) is 4.80 Å². The lowest BCUT2D eigenvalue weighted by molar-refractivity contribution is 0.552. The fraction of sp³-hybridized carbons (Fsp3) is 0.250. The Morgan fingerprint density at radius 3 is 2.92 bits per heavy atom. The summed E-state index contributed by atoms with van der Waals surface area (Å²) in [5, 5.41) is 11.9. The maximum atomic E-state index is 4.13. The van der Waals surface area contributed by atoms with E-state index < -0.39 is 0 Å². The van der Waals surface area contributed by atoms with Gasteiger partial charge in [-0.25, -0.2) is 0 Å². The van der Waals surface area contributed by atoms with Gasteiger partial charge in [0.2, 0.25) is 5.82 Å². The zero-order valence-corrected chi connectivity index (χ0v) is 7.25. The maximum Gasteiger partial charge on any atom is 0.223 e. The summed E-state index contributed by atoms with van der Waals surface area (Å²) < 4.78 is 0. The molecule has 2 rings (SSSR count).